The van der Waals surface area contributed by atoms with Gasteiger partial charge >= 0.3 is 0 Å². The second-order valence-corrected chi connectivity index (χ2v) is 6.95. The van der Waals surface area contributed by atoms with Crippen LogP contribution in [0.5, 0.6) is 0 Å². The molecule has 0 N–H and O–H groups in total. The number of hydrogen-bond donors (Lipinski definition) is 0. The predicted molar refractivity (Wildman–Crippen MR) is 61.9 cm³/mol. The molecule has 0 fully saturated rings. The Morgan fingerprint density at radius 2 is 1.00 bits per heavy atom. The molecule has 0 aromatic heterocycles. The molecule has 13 heavy (non-hydrogen) atoms. The number of hydrogen-bond acceptors (Lipinski definition) is 0. The van der Waals surface area contributed by atoms with Crippen LogP contribution in [0.15, 0.2) is 10.1 Å². The van der Waals surface area contributed by atoms with Gasteiger partial charge < -0.3 is 0 Å². The molecule has 0 aromatic carbocycles. The average Bonchev–Trinajstić information content (AvgIpc) is 2.05. The van der Waals surface area contributed by atoms with E-state index in [4.69, 9.17) is 81.2 Å². The highest BCUT2D eigenvalue weighted by Crippen LogP contribution is 2.65. The topological polar surface area (TPSA) is 0 Å². The molecule has 0 heterocycles. The quantitative estimate of drug-likeness (QED) is 0.548. The van der Waals surface area contributed by atoms with Gasteiger partial charge in [0.2, 0.25) is 0 Å². The Labute approximate surface area is 111 Å². The van der Waals surface area contributed by atoms with E-state index < -0.39 is 13.5 Å². The van der Waals surface area contributed by atoms with Crippen LogP contribution in [0.4, 0.5) is 0 Å². The zero-order valence-corrected chi connectivity index (χ0v) is 11.4. The highest BCUT2D eigenvalue weighted by Gasteiger charge is 2.67. The van der Waals surface area contributed by atoms with Gasteiger partial charge in [0.15, 0.2) is 8.67 Å². The van der Waals surface area contributed by atoms with Gasteiger partial charge in [0.05, 0.1) is 10.1 Å². The molecule has 0 bridgehead atoms. The summed E-state index contributed by atoms with van der Waals surface area (Å²) in [5.41, 5.74) is 0. The molecule has 0 atom stereocenters. The summed E-state index contributed by atoms with van der Waals surface area (Å²) in [6, 6.07) is 0. The lowest BCUT2D eigenvalue weighted by molar-refractivity contribution is 0.619. The SMILES string of the molecule is CC1(Cl)C(Cl)(Cl)C(Cl)=C(Cl)C1(Cl)Cl. The fourth-order valence-electron chi connectivity index (χ4n) is 0.885. The van der Waals surface area contributed by atoms with Crippen LogP contribution in [0, 0.1) is 0 Å². The van der Waals surface area contributed by atoms with Crippen molar-refractivity contribution in [3.63, 3.8) is 0 Å². The fourth-order valence-corrected chi connectivity index (χ4v) is 3.16. The second-order valence-electron chi connectivity index (χ2n) is 2.78. The molecule has 0 aromatic rings. The third-order valence-corrected chi connectivity index (χ3v) is 6.57. The van der Waals surface area contributed by atoms with Gasteiger partial charge in [-0.2, -0.15) is 0 Å². The molecule has 1 rings (SSSR count). The van der Waals surface area contributed by atoms with Crippen LogP contribution in [0.1, 0.15) is 6.92 Å². The van der Waals surface area contributed by atoms with Crippen molar-refractivity contribution < 1.29 is 0 Å². The molecule has 76 valence electrons. The van der Waals surface area contributed by atoms with Crippen LogP contribution in [-0.2, 0) is 0 Å². The van der Waals surface area contributed by atoms with Gasteiger partial charge in [-0.3, -0.25) is 0 Å². The number of halogens is 7. The molecule has 1 aliphatic carbocycles. The van der Waals surface area contributed by atoms with E-state index in [0.717, 1.165) is 0 Å². The predicted octanol–water partition coefficient (Wildman–Crippen LogP) is 5.03. The number of alkyl halides is 5. The Morgan fingerprint density at radius 1 is 0.769 bits per heavy atom. The fraction of sp³-hybridized carbons (Fsp3) is 0.667. The Bertz CT molecular complexity index is 249. The van der Waals surface area contributed by atoms with Crippen molar-refractivity contribution in [1.82, 2.24) is 0 Å². The van der Waals surface area contributed by atoms with Crippen LogP contribution in [-0.4, -0.2) is 13.5 Å². The first kappa shape index (κ1) is 12.8. The van der Waals surface area contributed by atoms with Gasteiger partial charge in [-0.15, -0.1) is 11.6 Å². The molecule has 1 aliphatic rings. The van der Waals surface area contributed by atoms with E-state index in [1.54, 1.807) is 0 Å². The first-order valence-corrected chi connectivity index (χ1v) is 5.72. The second kappa shape index (κ2) is 3.38. The molecular formula is C6H3Cl7. The van der Waals surface area contributed by atoms with Gasteiger partial charge in [-0.1, -0.05) is 69.6 Å². The minimum Gasteiger partial charge on any atom is -0.112 e. The van der Waals surface area contributed by atoms with Crippen LogP contribution in [0.2, 0.25) is 0 Å². The summed E-state index contributed by atoms with van der Waals surface area (Å²) in [5.74, 6) is 0. The standard InChI is InChI=1S/C6H3Cl7/c1-4(9)5(10,11)2(7)3(8)6(4,12)13/h1H3. The molecule has 0 saturated carbocycles. The molecular weight excluding hydrogens is 320 g/mol. The number of rotatable bonds is 0. The van der Waals surface area contributed by atoms with Gasteiger partial charge in [0, 0.05) is 0 Å². The van der Waals surface area contributed by atoms with Crippen molar-refractivity contribution in [3.8, 4) is 0 Å². The highest BCUT2D eigenvalue weighted by molar-refractivity contribution is 6.70. The maximum Gasteiger partial charge on any atom is 0.176 e. The van der Waals surface area contributed by atoms with Crippen LogP contribution in [0.3, 0.4) is 0 Å². The lowest BCUT2D eigenvalue weighted by Crippen LogP contribution is -2.46. The van der Waals surface area contributed by atoms with Crippen molar-refractivity contribution >= 4 is 81.2 Å². The van der Waals surface area contributed by atoms with Crippen molar-refractivity contribution in [2.24, 2.45) is 0 Å². The van der Waals surface area contributed by atoms with E-state index >= 15 is 0 Å². The monoisotopic (exact) mass is 320 g/mol. The van der Waals surface area contributed by atoms with Gasteiger partial charge in [-0.25, -0.2) is 0 Å². The summed E-state index contributed by atoms with van der Waals surface area (Å²) in [6.07, 6.45) is 0. The first-order chi connectivity index (χ1) is 5.57. The van der Waals surface area contributed by atoms with Crippen LogP contribution in [0.25, 0.3) is 0 Å². The average molecular weight is 323 g/mol. The third kappa shape index (κ3) is 1.49. The molecule has 0 nitrogen and oxygen atoms in total. The van der Waals surface area contributed by atoms with E-state index in [2.05, 4.69) is 0 Å². The van der Waals surface area contributed by atoms with E-state index in [1.807, 2.05) is 0 Å². The third-order valence-electron chi connectivity index (χ3n) is 1.92. The van der Waals surface area contributed by atoms with Crippen LogP contribution < -0.4 is 0 Å². The summed E-state index contributed by atoms with van der Waals surface area (Å²) < 4.78 is -3.17. The normalized spacial score (nSPS) is 29.5. The van der Waals surface area contributed by atoms with Gasteiger partial charge in [0.25, 0.3) is 0 Å². The highest BCUT2D eigenvalue weighted by atomic mass is 35.5. The molecule has 0 amide bonds. The Kier molecular flexibility index (Phi) is 3.34. The Morgan fingerprint density at radius 3 is 1.08 bits per heavy atom. The maximum atomic E-state index is 6.00. The van der Waals surface area contributed by atoms with Gasteiger partial charge in [-0.05, 0) is 6.92 Å². The van der Waals surface area contributed by atoms with Crippen molar-refractivity contribution in [3.05, 3.63) is 10.1 Å². The lowest BCUT2D eigenvalue weighted by Gasteiger charge is -2.35. The summed E-state index contributed by atoms with van der Waals surface area (Å²) in [6.45, 7) is 1.46. The molecule has 0 unspecified atom stereocenters. The summed E-state index contributed by atoms with van der Waals surface area (Å²) in [5, 5.41) is -0.0833. The molecule has 0 spiro atoms. The van der Waals surface area contributed by atoms with E-state index in [-0.39, 0.29) is 10.1 Å². The summed E-state index contributed by atoms with van der Waals surface area (Å²) in [7, 11) is 0. The first-order valence-electron chi connectivity index (χ1n) is 3.07. The minimum absolute atomic E-state index is 0.0417. The minimum atomic E-state index is -1.59. The molecule has 0 radical (unpaired) electrons. The summed E-state index contributed by atoms with van der Waals surface area (Å²) >= 11 is 41.0. The van der Waals surface area contributed by atoms with Crippen molar-refractivity contribution in [1.29, 1.82) is 0 Å². The van der Waals surface area contributed by atoms with Gasteiger partial charge in [0.1, 0.15) is 4.87 Å². The van der Waals surface area contributed by atoms with Crippen LogP contribution >= 0.6 is 81.2 Å². The van der Waals surface area contributed by atoms with E-state index in [0.29, 0.717) is 0 Å². The summed E-state index contributed by atoms with van der Waals surface area (Å²) in [4.78, 5) is -1.37. The molecule has 0 aliphatic heterocycles. The Hall–Kier alpha value is 1.77. The molecule has 7 heteroatoms. The number of allylic oxidation sites excluding steroid dienone is 2. The zero-order valence-electron chi connectivity index (χ0n) is 6.15. The Balaban J connectivity index is 3.39. The smallest absolute Gasteiger partial charge is 0.112 e. The lowest BCUT2D eigenvalue weighted by atomic mass is 10.1. The maximum absolute atomic E-state index is 6.00. The van der Waals surface area contributed by atoms with E-state index in [1.165, 1.54) is 6.92 Å². The van der Waals surface area contributed by atoms with E-state index in [9.17, 15) is 0 Å². The van der Waals surface area contributed by atoms with Crippen molar-refractivity contribution in [2.75, 3.05) is 0 Å². The zero-order chi connectivity index (χ0) is 10.7. The largest absolute Gasteiger partial charge is 0.176 e. The van der Waals surface area contributed by atoms with Crippen molar-refractivity contribution in [2.45, 2.75) is 20.5 Å². The molecule has 0 saturated heterocycles.